The predicted octanol–water partition coefficient (Wildman–Crippen LogP) is 2.61. The summed E-state index contributed by atoms with van der Waals surface area (Å²) < 4.78 is 6.05. The Hall–Kier alpha value is -1.66. The zero-order chi connectivity index (χ0) is 18.4. The van der Waals surface area contributed by atoms with E-state index in [1.165, 1.54) is 0 Å². The quantitative estimate of drug-likeness (QED) is 0.707. The summed E-state index contributed by atoms with van der Waals surface area (Å²) in [6.07, 6.45) is 0.621. The van der Waals surface area contributed by atoms with Crippen molar-refractivity contribution in [3.8, 4) is 0 Å². The van der Waals surface area contributed by atoms with Crippen LogP contribution < -0.4 is 11.1 Å². The van der Waals surface area contributed by atoms with Gasteiger partial charge in [-0.05, 0) is 30.1 Å². The smallest absolute Gasteiger partial charge is 0.240 e. The van der Waals surface area contributed by atoms with Crippen molar-refractivity contribution in [1.82, 2.24) is 5.32 Å². The Morgan fingerprint density at radius 2 is 1.79 bits per heavy atom. The van der Waals surface area contributed by atoms with Gasteiger partial charge in [-0.1, -0.05) is 51.1 Å². The summed E-state index contributed by atoms with van der Waals surface area (Å²) >= 11 is 0. The fourth-order valence-corrected chi connectivity index (χ4v) is 3.02. The second-order valence-corrected chi connectivity index (χ2v) is 12.4. The lowest BCUT2D eigenvalue weighted by Crippen LogP contribution is -2.47. The summed E-state index contributed by atoms with van der Waals surface area (Å²) in [6, 6.07) is 8.69. The number of benzene rings is 1. The number of primary amides is 1. The Labute approximate surface area is 146 Å². The largest absolute Gasteiger partial charge is 0.417 e. The predicted molar refractivity (Wildman–Crippen MR) is 99.0 cm³/mol. The Bertz CT molecular complexity index is 553. The van der Waals surface area contributed by atoms with Gasteiger partial charge in [0.2, 0.25) is 11.8 Å². The molecule has 0 spiro atoms. The number of nitrogens with one attached hydrogen (secondary N) is 1. The van der Waals surface area contributed by atoms with Crippen molar-refractivity contribution in [1.29, 1.82) is 0 Å². The molecular formula is C18H30N2O3Si. The summed E-state index contributed by atoms with van der Waals surface area (Å²) in [6.45, 7) is 11.2. The summed E-state index contributed by atoms with van der Waals surface area (Å²) in [5.41, 5.74) is 6.31. The van der Waals surface area contributed by atoms with Gasteiger partial charge in [-0.2, -0.15) is 0 Å². The third-order valence-electron chi connectivity index (χ3n) is 4.56. The first-order valence-corrected chi connectivity index (χ1v) is 11.2. The molecule has 1 aromatic carbocycles. The molecule has 134 valence electrons. The lowest BCUT2D eigenvalue weighted by molar-refractivity contribution is -0.127. The van der Waals surface area contributed by atoms with Crippen LogP contribution in [0.3, 0.4) is 0 Å². The monoisotopic (exact) mass is 350 g/mol. The fraction of sp³-hybridized carbons (Fsp3) is 0.556. The molecule has 0 aliphatic rings. The normalized spacial score (nSPS) is 13.4. The van der Waals surface area contributed by atoms with E-state index in [0.29, 0.717) is 13.0 Å². The lowest BCUT2D eigenvalue weighted by atomic mass is 10.1. The van der Waals surface area contributed by atoms with E-state index in [4.69, 9.17) is 10.2 Å². The Morgan fingerprint density at radius 3 is 2.29 bits per heavy atom. The van der Waals surface area contributed by atoms with Crippen molar-refractivity contribution in [2.75, 3.05) is 6.61 Å². The van der Waals surface area contributed by atoms with Crippen LogP contribution in [0.4, 0.5) is 0 Å². The third-order valence-corrected chi connectivity index (χ3v) is 9.10. The van der Waals surface area contributed by atoms with Gasteiger partial charge in [0.25, 0.3) is 0 Å². The number of carbonyl (C=O) groups is 2. The van der Waals surface area contributed by atoms with Crippen molar-refractivity contribution < 1.29 is 14.0 Å². The first-order chi connectivity index (χ1) is 11.0. The summed E-state index contributed by atoms with van der Waals surface area (Å²) in [5.74, 6) is -0.743. The number of hydrogen-bond donors (Lipinski definition) is 2. The van der Waals surface area contributed by atoms with E-state index in [2.05, 4.69) is 39.2 Å². The number of carbonyl (C=O) groups excluding carboxylic acids is 2. The third kappa shape index (κ3) is 6.45. The highest BCUT2D eigenvalue weighted by Crippen LogP contribution is 2.36. The fourth-order valence-electron chi connectivity index (χ4n) is 1.96. The minimum atomic E-state index is -1.87. The molecule has 0 unspecified atom stereocenters. The molecule has 0 saturated heterocycles. The second kappa shape index (κ2) is 8.44. The highest BCUT2D eigenvalue weighted by molar-refractivity contribution is 6.74. The molecule has 0 bridgehead atoms. The van der Waals surface area contributed by atoms with Gasteiger partial charge in [0.05, 0.1) is 6.42 Å². The molecule has 1 aromatic rings. The van der Waals surface area contributed by atoms with Gasteiger partial charge in [0.1, 0.15) is 6.04 Å². The van der Waals surface area contributed by atoms with Crippen molar-refractivity contribution in [3.05, 3.63) is 35.9 Å². The standard InChI is InChI=1S/C18H30N2O3Si/c1-18(2,3)24(4,5)23-12-11-15(17(19)22)20-16(21)13-14-9-7-6-8-10-14/h6-10,15H,11-13H2,1-5H3,(H2,19,22)(H,20,21)/t15-/m1/s1. The minimum Gasteiger partial charge on any atom is -0.417 e. The van der Waals surface area contributed by atoms with E-state index in [0.717, 1.165) is 5.56 Å². The molecule has 0 fully saturated rings. The molecule has 0 heterocycles. The topological polar surface area (TPSA) is 81.4 Å². The molecule has 0 saturated carbocycles. The van der Waals surface area contributed by atoms with Gasteiger partial charge in [-0.3, -0.25) is 9.59 Å². The molecule has 6 heteroatoms. The average molecular weight is 351 g/mol. The summed E-state index contributed by atoms with van der Waals surface area (Å²) in [7, 11) is -1.87. The summed E-state index contributed by atoms with van der Waals surface area (Å²) in [4.78, 5) is 23.7. The molecule has 0 aliphatic carbocycles. The van der Waals surface area contributed by atoms with Gasteiger partial charge < -0.3 is 15.5 Å². The minimum absolute atomic E-state index is 0.103. The van der Waals surface area contributed by atoms with Gasteiger partial charge in [-0.25, -0.2) is 0 Å². The van der Waals surface area contributed by atoms with Crippen molar-refractivity contribution in [2.24, 2.45) is 5.73 Å². The Balaban J connectivity index is 2.53. The maximum atomic E-state index is 12.1. The zero-order valence-corrected chi connectivity index (χ0v) is 16.4. The number of hydrogen-bond acceptors (Lipinski definition) is 3. The van der Waals surface area contributed by atoms with Crippen LogP contribution in [-0.4, -0.2) is 32.8 Å². The maximum absolute atomic E-state index is 12.1. The van der Waals surface area contributed by atoms with Crippen LogP contribution in [0.5, 0.6) is 0 Å². The van der Waals surface area contributed by atoms with E-state index < -0.39 is 20.3 Å². The highest BCUT2D eigenvalue weighted by Gasteiger charge is 2.37. The van der Waals surface area contributed by atoms with Crippen molar-refractivity contribution in [2.45, 2.75) is 57.8 Å². The van der Waals surface area contributed by atoms with E-state index in [1.54, 1.807) is 0 Å². The first-order valence-electron chi connectivity index (χ1n) is 8.29. The molecule has 2 amide bonds. The molecule has 5 nitrogen and oxygen atoms in total. The molecular weight excluding hydrogens is 320 g/mol. The van der Waals surface area contributed by atoms with Crippen LogP contribution in [-0.2, 0) is 20.4 Å². The zero-order valence-electron chi connectivity index (χ0n) is 15.4. The van der Waals surface area contributed by atoms with E-state index >= 15 is 0 Å². The highest BCUT2D eigenvalue weighted by atomic mass is 28.4. The van der Waals surface area contributed by atoms with Crippen LogP contribution in [0.15, 0.2) is 30.3 Å². The Morgan fingerprint density at radius 1 is 1.21 bits per heavy atom. The van der Waals surface area contributed by atoms with Crippen LogP contribution in [0.1, 0.15) is 32.8 Å². The Kier molecular flexibility index (Phi) is 7.17. The van der Waals surface area contributed by atoms with Crippen LogP contribution in [0.25, 0.3) is 0 Å². The molecule has 0 aliphatic heterocycles. The van der Waals surface area contributed by atoms with E-state index in [-0.39, 0.29) is 17.4 Å². The van der Waals surface area contributed by atoms with Crippen LogP contribution in [0.2, 0.25) is 18.1 Å². The summed E-state index contributed by atoms with van der Waals surface area (Å²) in [5, 5.41) is 2.81. The lowest BCUT2D eigenvalue weighted by Gasteiger charge is -2.36. The SMILES string of the molecule is CC(C)(C)[Si](C)(C)OCC[C@@H](NC(=O)Cc1ccccc1)C(N)=O. The van der Waals surface area contributed by atoms with Gasteiger partial charge in [0.15, 0.2) is 8.32 Å². The molecule has 0 radical (unpaired) electrons. The molecule has 0 aromatic heterocycles. The van der Waals surface area contributed by atoms with E-state index in [1.807, 2.05) is 30.3 Å². The van der Waals surface area contributed by atoms with Gasteiger partial charge in [-0.15, -0.1) is 0 Å². The maximum Gasteiger partial charge on any atom is 0.240 e. The van der Waals surface area contributed by atoms with Gasteiger partial charge in [0, 0.05) is 6.61 Å². The second-order valence-electron chi connectivity index (χ2n) is 7.58. The molecule has 24 heavy (non-hydrogen) atoms. The van der Waals surface area contributed by atoms with Crippen LogP contribution in [0, 0.1) is 0 Å². The molecule has 1 rings (SSSR count). The van der Waals surface area contributed by atoms with Crippen molar-refractivity contribution in [3.63, 3.8) is 0 Å². The van der Waals surface area contributed by atoms with Gasteiger partial charge >= 0.3 is 0 Å². The van der Waals surface area contributed by atoms with Crippen LogP contribution >= 0.6 is 0 Å². The number of rotatable bonds is 8. The van der Waals surface area contributed by atoms with Crippen molar-refractivity contribution >= 4 is 20.1 Å². The average Bonchev–Trinajstić information content (AvgIpc) is 2.45. The number of nitrogens with two attached hydrogens (primary N) is 1. The first kappa shape index (κ1) is 20.4. The molecule has 1 atom stereocenters. The molecule has 3 N–H and O–H groups in total. The van der Waals surface area contributed by atoms with E-state index in [9.17, 15) is 9.59 Å². The number of amides is 2.